The lowest BCUT2D eigenvalue weighted by atomic mass is 9.99. The van der Waals surface area contributed by atoms with Gasteiger partial charge in [-0.25, -0.2) is 4.99 Å². The molecule has 1 aliphatic heterocycles. The van der Waals surface area contributed by atoms with Gasteiger partial charge >= 0.3 is 23.9 Å². The molecule has 0 spiro atoms. The monoisotopic (exact) mass is 521 g/mol. The van der Waals surface area contributed by atoms with Crippen molar-refractivity contribution in [2.45, 2.75) is 70.4 Å². The Labute approximate surface area is 208 Å². The van der Waals surface area contributed by atoms with Crippen LogP contribution in [0.2, 0.25) is 0 Å². The van der Waals surface area contributed by atoms with Crippen LogP contribution in [-0.2, 0) is 47.6 Å². The lowest BCUT2D eigenvalue weighted by molar-refractivity contribution is -0.237. The number of thioether (sulfide) groups is 1. The smallest absolute Gasteiger partial charge is 0.303 e. The number of thiocarbonyl (C=S) groups is 1. The Morgan fingerprint density at radius 1 is 0.882 bits per heavy atom. The average Bonchev–Trinajstić information content (AvgIpc) is 2.74. The summed E-state index contributed by atoms with van der Waals surface area (Å²) in [4.78, 5) is 50.5. The van der Waals surface area contributed by atoms with Gasteiger partial charge in [-0.1, -0.05) is 0 Å². The van der Waals surface area contributed by atoms with E-state index in [1.54, 1.807) is 0 Å². The number of hydrogen-bond acceptors (Lipinski definition) is 13. The predicted molar refractivity (Wildman–Crippen MR) is 124 cm³/mol. The van der Waals surface area contributed by atoms with E-state index in [0.717, 1.165) is 6.42 Å². The molecule has 0 amide bonds. The van der Waals surface area contributed by atoms with Crippen LogP contribution >= 0.6 is 24.0 Å². The zero-order valence-electron chi connectivity index (χ0n) is 19.7. The molecule has 0 aliphatic carbocycles. The molecule has 0 aromatic heterocycles. The molecule has 1 aliphatic rings. The first-order chi connectivity index (χ1) is 16.1. The number of carbonyl (C=O) groups is 4. The first-order valence-electron chi connectivity index (χ1n) is 10.7. The summed E-state index contributed by atoms with van der Waals surface area (Å²) in [5.41, 5.74) is -0.780. The number of ether oxygens (including phenoxy) is 6. The molecule has 1 saturated heterocycles. The highest BCUT2D eigenvalue weighted by Gasteiger charge is 2.52. The topological polar surface area (TPSA) is 136 Å². The van der Waals surface area contributed by atoms with E-state index in [2.05, 4.69) is 22.4 Å². The Balaban J connectivity index is 2.91. The van der Waals surface area contributed by atoms with Crippen LogP contribution in [0.5, 0.6) is 0 Å². The summed E-state index contributed by atoms with van der Waals surface area (Å²) in [5, 5.41) is 2.29. The number of carbonyl (C=O) groups excluding carboxylic acids is 4. The molecule has 0 unspecified atom stereocenters. The van der Waals surface area contributed by atoms with Crippen LogP contribution in [0.15, 0.2) is 4.99 Å². The summed E-state index contributed by atoms with van der Waals surface area (Å²) in [6, 6.07) is 0. The number of hydrogen-bond donors (Lipinski definition) is 0. The van der Waals surface area contributed by atoms with Crippen molar-refractivity contribution in [1.82, 2.24) is 0 Å². The molecule has 0 N–H and O–H groups in total. The highest BCUT2D eigenvalue weighted by molar-refractivity contribution is 7.99. The first-order valence-corrected chi connectivity index (χ1v) is 12.1. The fourth-order valence-electron chi connectivity index (χ4n) is 3.08. The maximum Gasteiger partial charge on any atom is 0.303 e. The van der Waals surface area contributed by atoms with Crippen LogP contribution in [-0.4, -0.2) is 91.0 Å². The van der Waals surface area contributed by atoms with Gasteiger partial charge in [0.2, 0.25) is 0 Å². The Morgan fingerprint density at radius 3 is 2.06 bits per heavy atom. The summed E-state index contributed by atoms with van der Waals surface area (Å²) >= 11 is 5.82. The molecule has 0 aromatic carbocycles. The third kappa shape index (κ3) is 11.9. The number of esters is 4. The molecule has 34 heavy (non-hydrogen) atoms. The predicted octanol–water partition coefficient (Wildman–Crippen LogP) is 1.70. The van der Waals surface area contributed by atoms with Gasteiger partial charge < -0.3 is 28.4 Å². The molecular weight excluding hydrogens is 490 g/mol. The first kappa shape index (κ1) is 30.0. The standard InChI is InChI=1S/C21H31NO10S2/c1-13(23)28-11-17-18(29-14(2)24)19(30-15(3)25)20(31-16(4)26)21(32-17)34-10-6-9-27-8-5-7-22-12-33/h17-21H,5-11H2,1-4H3/t17-,18-,19+,20+,21-/m1/s1. The Kier molecular flexibility index (Phi) is 14.6. The molecule has 0 saturated carbocycles. The van der Waals surface area contributed by atoms with E-state index >= 15 is 0 Å². The van der Waals surface area contributed by atoms with Crippen LogP contribution in [0, 0.1) is 0 Å². The van der Waals surface area contributed by atoms with Gasteiger partial charge in [-0.3, -0.25) is 19.2 Å². The Hall–Kier alpha value is -2.05. The van der Waals surface area contributed by atoms with Gasteiger partial charge in [0.05, 0.1) is 11.7 Å². The fourth-order valence-corrected chi connectivity index (χ4v) is 4.31. The number of nitrogens with zero attached hydrogens (tertiary/aromatic N) is 1. The molecule has 192 valence electrons. The van der Waals surface area contributed by atoms with E-state index in [1.165, 1.54) is 39.5 Å². The highest BCUT2D eigenvalue weighted by atomic mass is 32.2. The van der Waals surface area contributed by atoms with Gasteiger partial charge in [0.15, 0.2) is 18.3 Å². The maximum atomic E-state index is 11.8. The minimum absolute atomic E-state index is 0.248. The number of isothiocyanates is 1. The highest BCUT2D eigenvalue weighted by Crippen LogP contribution is 2.34. The van der Waals surface area contributed by atoms with E-state index in [4.69, 9.17) is 28.4 Å². The summed E-state index contributed by atoms with van der Waals surface area (Å²) in [6.45, 7) is 6.12. The van der Waals surface area contributed by atoms with Crippen LogP contribution in [0.25, 0.3) is 0 Å². The van der Waals surface area contributed by atoms with Crippen molar-refractivity contribution in [3.8, 4) is 0 Å². The maximum absolute atomic E-state index is 11.8. The molecule has 11 nitrogen and oxygen atoms in total. The van der Waals surface area contributed by atoms with Crippen molar-refractivity contribution < 1.29 is 47.6 Å². The summed E-state index contributed by atoms with van der Waals surface area (Å²) in [6.07, 6.45) is -2.92. The molecule has 0 bridgehead atoms. The third-order valence-electron chi connectivity index (χ3n) is 4.29. The largest absolute Gasteiger partial charge is 0.463 e. The van der Waals surface area contributed by atoms with Crippen LogP contribution in [0.3, 0.4) is 0 Å². The van der Waals surface area contributed by atoms with Crippen molar-refractivity contribution in [2.75, 3.05) is 32.1 Å². The number of rotatable bonds is 14. The van der Waals surface area contributed by atoms with Gasteiger partial charge in [0, 0.05) is 40.9 Å². The lowest BCUT2D eigenvalue weighted by Gasteiger charge is -2.44. The summed E-state index contributed by atoms with van der Waals surface area (Å²) < 4.78 is 32.8. The van der Waals surface area contributed by atoms with Crippen LogP contribution in [0.4, 0.5) is 0 Å². The van der Waals surface area contributed by atoms with Crippen molar-refractivity contribution >= 4 is 53.0 Å². The molecule has 1 rings (SSSR count). The second-order valence-electron chi connectivity index (χ2n) is 7.23. The Morgan fingerprint density at radius 2 is 1.47 bits per heavy atom. The van der Waals surface area contributed by atoms with E-state index in [0.29, 0.717) is 31.9 Å². The average molecular weight is 522 g/mol. The zero-order valence-corrected chi connectivity index (χ0v) is 21.3. The van der Waals surface area contributed by atoms with Gasteiger partial charge in [0.1, 0.15) is 18.1 Å². The van der Waals surface area contributed by atoms with E-state index < -0.39 is 53.7 Å². The summed E-state index contributed by atoms with van der Waals surface area (Å²) in [7, 11) is 0. The van der Waals surface area contributed by atoms with Gasteiger partial charge in [-0.15, -0.1) is 11.8 Å². The molecule has 13 heteroatoms. The number of aliphatic imine (C=N–C) groups is 1. The molecular formula is C21H31NO10S2. The molecule has 0 radical (unpaired) electrons. The summed E-state index contributed by atoms with van der Waals surface area (Å²) in [5.74, 6) is -1.96. The van der Waals surface area contributed by atoms with Crippen molar-refractivity contribution in [1.29, 1.82) is 0 Å². The second-order valence-corrected chi connectivity index (χ2v) is 8.62. The minimum Gasteiger partial charge on any atom is -0.463 e. The molecule has 1 fully saturated rings. The van der Waals surface area contributed by atoms with E-state index in [-0.39, 0.29) is 6.61 Å². The van der Waals surface area contributed by atoms with E-state index in [1.807, 2.05) is 0 Å². The normalized spacial score (nSPS) is 23.8. The molecule has 1 heterocycles. The van der Waals surface area contributed by atoms with Gasteiger partial charge in [-0.05, 0) is 30.8 Å². The lowest BCUT2D eigenvalue weighted by Crippen LogP contribution is -2.61. The minimum atomic E-state index is -1.16. The van der Waals surface area contributed by atoms with Crippen molar-refractivity contribution in [3.63, 3.8) is 0 Å². The quantitative estimate of drug-likeness (QED) is 0.108. The zero-order chi connectivity index (χ0) is 25.5. The van der Waals surface area contributed by atoms with Crippen LogP contribution < -0.4 is 0 Å². The second kappa shape index (κ2) is 16.6. The molecule has 0 aromatic rings. The van der Waals surface area contributed by atoms with Crippen LogP contribution in [0.1, 0.15) is 40.5 Å². The molecule has 5 atom stereocenters. The van der Waals surface area contributed by atoms with Gasteiger partial charge in [-0.2, -0.15) is 0 Å². The van der Waals surface area contributed by atoms with Gasteiger partial charge in [0.25, 0.3) is 0 Å². The van der Waals surface area contributed by atoms with Crippen molar-refractivity contribution in [2.24, 2.45) is 4.99 Å². The third-order valence-corrected chi connectivity index (χ3v) is 5.65. The fraction of sp³-hybridized carbons (Fsp3) is 0.762. The SMILES string of the molecule is CC(=O)OC[C@H]1O[C@H](SCCCOCCCN=C=S)[C@@H](OC(C)=O)[C@@H](OC(C)=O)[C@@H]1OC(C)=O. The Bertz CT molecular complexity index is 743. The van der Waals surface area contributed by atoms with E-state index in [9.17, 15) is 19.2 Å². The van der Waals surface area contributed by atoms with Crippen molar-refractivity contribution in [3.05, 3.63) is 0 Å².